The molecule has 1 aromatic heterocycles. The zero-order chi connectivity index (χ0) is 11.1. The third-order valence-corrected chi connectivity index (χ3v) is 2.19. The van der Waals surface area contributed by atoms with Crippen molar-refractivity contribution in [2.45, 2.75) is 13.3 Å². The van der Waals surface area contributed by atoms with Gasteiger partial charge in [-0.05, 0) is 18.6 Å². The standard InChI is InChI=1S/C11H19N3O/c1-3-6-14(7-8-15-2)10-4-5-11(12)13-9-10/h4-5,9H,3,6-8H2,1-2H3,(H2,12,13). The van der Waals surface area contributed by atoms with E-state index in [9.17, 15) is 0 Å². The third-order valence-electron chi connectivity index (χ3n) is 2.19. The molecule has 4 heteroatoms. The Morgan fingerprint density at radius 2 is 2.20 bits per heavy atom. The van der Waals surface area contributed by atoms with Crippen molar-refractivity contribution in [3.05, 3.63) is 18.3 Å². The van der Waals surface area contributed by atoms with Crippen LogP contribution in [-0.4, -0.2) is 31.8 Å². The second-order valence-electron chi connectivity index (χ2n) is 3.42. The molecule has 84 valence electrons. The van der Waals surface area contributed by atoms with E-state index >= 15 is 0 Å². The van der Waals surface area contributed by atoms with Gasteiger partial charge >= 0.3 is 0 Å². The van der Waals surface area contributed by atoms with E-state index < -0.39 is 0 Å². The average molecular weight is 209 g/mol. The number of nitrogen functional groups attached to an aromatic ring is 1. The van der Waals surface area contributed by atoms with Crippen molar-refractivity contribution in [1.82, 2.24) is 4.98 Å². The molecule has 0 radical (unpaired) electrons. The van der Waals surface area contributed by atoms with E-state index in [4.69, 9.17) is 10.5 Å². The van der Waals surface area contributed by atoms with Crippen molar-refractivity contribution in [3.8, 4) is 0 Å². The number of nitrogens with two attached hydrogens (primary N) is 1. The number of anilines is 2. The second-order valence-corrected chi connectivity index (χ2v) is 3.42. The van der Waals surface area contributed by atoms with Crippen molar-refractivity contribution >= 4 is 11.5 Å². The number of nitrogens with zero attached hydrogens (tertiary/aromatic N) is 2. The van der Waals surface area contributed by atoms with Crippen LogP contribution in [0.4, 0.5) is 11.5 Å². The summed E-state index contributed by atoms with van der Waals surface area (Å²) >= 11 is 0. The molecule has 0 saturated carbocycles. The molecule has 1 rings (SSSR count). The van der Waals surface area contributed by atoms with E-state index in [1.807, 2.05) is 12.1 Å². The molecule has 0 amide bonds. The lowest BCUT2D eigenvalue weighted by Crippen LogP contribution is -2.28. The van der Waals surface area contributed by atoms with Crippen LogP contribution in [0.25, 0.3) is 0 Å². The van der Waals surface area contributed by atoms with Gasteiger partial charge in [-0.3, -0.25) is 0 Å². The molecule has 0 aliphatic heterocycles. The zero-order valence-corrected chi connectivity index (χ0v) is 9.44. The average Bonchev–Trinajstić information content (AvgIpc) is 2.25. The minimum absolute atomic E-state index is 0.557. The number of hydrogen-bond acceptors (Lipinski definition) is 4. The quantitative estimate of drug-likeness (QED) is 0.772. The molecule has 0 atom stereocenters. The van der Waals surface area contributed by atoms with Crippen LogP contribution in [0.2, 0.25) is 0 Å². The summed E-state index contributed by atoms with van der Waals surface area (Å²) < 4.78 is 5.08. The maximum Gasteiger partial charge on any atom is 0.123 e. The molecular formula is C11H19N3O. The van der Waals surface area contributed by atoms with Crippen LogP contribution in [0.15, 0.2) is 18.3 Å². The van der Waals surface area contributed by atoms with Crippen LogP contribution < -0.4 is 10.6 Å². The minimum atomic E-state index is 0.557. The van der Waals surface area contributed by atoms with Gasteiger partial charge in [-0.25, -0.2) is 4.98 Å². The van der Waals surface area contributed by atoms with Crippen LogP contribution >= 0.6 is 0 Å². The van der Waals surface area contributed by atoms with Gasteiger partial charge in [0.1, 0.15) is 5.82 Å². The molecule has 0 aromatic carbocycles. The summed E-state index contributed by atoms with van der Waals surface area (Å²) in [4.78, 5) is 6.33. The van der Waals surface area contributed by atoms with Crippen LogP contribution in [0.3, 0.4) is 0 Å². The van der Waals surface area contributed by atoms with Gasteiger partial charge in [-0.2, -0.15) is 0 Å². The third kappa shape index (κ3) is 3.75. The van der Waals surface area contributed by atoms with Crippen molar-refractivity contribution in [2.24, 2.45) is 0 Å². The maximum atomic E-state index is 5.55. The van der Waals surface area contributed by atoms with Gasteiger partial charge in [0.15, 0.2) is 0 Å². The Morgan fingerprint density at radius 1 is 1.40 bits per heavy atom. The Hall–Kier alpha value is -1.29. The summed E-state index contributed by atoms with van der Waals surface area (Å²) in [6.45, 7) is 4.78. The van der Waals surface area contributed by atoms with E-state index in [-0.39, 0.29) is 0 Å². The highest BCUT2D eigenvalue weighted by molar-refractivity contribution is 5.47. The number of pyridine rings is 1. The molecule has 1 aromatic rings. The molecular weight excluding hydrogens is 190 g/mol. The number of hydrogen-bond donors (Lipinski definition) is 1. The van der Waals surface area contributed by atoms with Crippen molar-refractivity contribution in [3.63, 3.8) is 0 Å². The molecule has 0 fully saturated rings. The van der Waals surface area contributed by atoms with Crippen LogP contribution in [0, 0.1) is 0 Å². The van der Waals surface area contributed by atoms with E-state index in [2.05, 4.69) is 16.8 Å². The smallest absolute Gasteiger partial charge is 0.123 e. The molecule has 0 aliphatic rings. The predicted molar refractivity (Wildman–Crippen MR) is 63.0 cm³/mol. The Kier molecular flexibility index (Phi) is 4.90. The molecule has 0 saturated heterocycles. The second kappa shape index (κ2) is 6.24. The summed E-state index contributed by atoms with van der Waals surface area (Å²) in [6, 6.07) is 3.82. The monoisotopic (exact) mass is 209 g/mol. The predicted octanol–water partition coefficient (Wildman–Crippen LogP) is 1.53. The fourth-order valence-electron chi connectivity index (χ4n) is 1.43. The number of rotatable bonds is 6. The van der Waals surface area contributed by atoms with Gasteiger partial charge < -0.3 is 15.4 Å². The minimum Gasteiger partial charge on any atom is -0.384 e. The molecule has 15 heavy (non-hydrogen) atoms. The molecule has 0 bridgehead atoms. The van der Waals surface area contributed by atoms with E-state index in [0.29, 0.717) is 5.82 Å². The Bertz CT molecular complexity index is 274. The maximum absolute atomic E-state index is 5.55. The number of aromatic nitrogens is 1. The van der Waals surface area contributed by atoms with E-state index in [1.165, 1.54) is 0 Å². The van der Waals surface area contributed by atoms with Crippen molar-refractivity contribution in [2.75, 3.05) is 37.4 Å². The highest BCUT2D eigenvalue weighted by Crippen LogP contribution is 2.13. The van der Waals surface area contributed by atoms with Gasteiger partial charge in [0, 0.05) is 20.2 Å². The van der Waals surface area contributed by atoms with Crippen LogP contribution in [0.1, 0.15) is 13.3 Å². The SMILES string of the molecule is CCCN(CCOC)c1ccc(N)nc1. The Labute approximate surface area is 91.1 Å². The van der Waals surface area contributed by atoms with Gasteiger partial charge in [-0.1, -0.05) is 6.92 Å². The van der Waals surface area contributed by atoms with Gasteiger partial charge in [0.25, 0.3) is 0 Å². The summed E-state index contributed by atoms with van der Waals surface area (Å²) in [6.07, 6.45) is 2.91. The normalized spacial score (nSPS) is 10.3. The highest BCUT2D eigenvalue weighted by Gasteiger charge is 2.04. The summed E-state index contributed by atoms with van der Waals surface area (Å²) in [5.41, 5.74) is 6.65. The first kappa shape index (κ1) is 11.8. The summed E-state index contributed by atoms with van der Waals surface area (Å²) in [5, 5.41) is 0. The fourth-order valence-corrected chi connectivity index (χ4v) is 1.43. The lowest BCUT2D eigenvalue weighted by Gasteiger charge is -2.23. The zero-order valence-electron chi connectivity index (χ0n) is 9.44. The topological polar surface area (TPSA) is 51.4 Å². The Balaban J connectivity index is 2.65. The van der Waals surface area contributed by atoms with Gasteiger partial charge in [0.2, 0.25) is 0 Å². The van der Waals surface area contributed by atoms with Crippen molar-refractivity contribution < 1.29 is 4.74 Å². The van der Waals surface area contributed by atoms with Gasteiger partial charge in [-0.15, -0.1) is 0 Å². The highest BCUT2D eigenvalue weighted by atomic mass is 16.5. The van der Waals surface area contributed by atoms with E-state index in [1.54, 1.807) is 13.3 Å². The molecule has 4 nitrogen and oxygen atoms in total. The van der Waals surface area contributed by atoms with Gasteiger partial charge in [0.05, 0.1) is 18.5 Å². The number of methoxy groups -OCH3 is 1. The van der Waals surface area contributed by atoms with Crippen LogP contribution in [0.5, 0.6) is 0 Å². The van der Waals surface area contributed by atoms with Crippen molar-refractivity contribution in [1.29, 1.82) is 0 Å². The molecule has 2 N–H and O–H groups in total. The summed E-state index contributed by atoms with van der Waals surface area (Å²) in [5.74, 6) is 0.557. The van der Waals surface area contributed by atoms with Crippen LogP contribution in [-0.2, 0) is 4.74 Å². The lowest BCUT2D eigenvalue weighted by atomic mass is 10.3. The lowest BCUT2D eigenvalue weighted by molar-refractivity contribution is 0.205. The Morgan fingerprint density at radius 3 is 2.73 bits per heavy atom. The first-order valence-corrected chi connectivity index (χ1v) is 5.23. The van der Waals surface area contributed by atoms with E-state index in [0.717, 1.165) is 31.8 Å². The molecule has 0 unspecified atom stereocenters. The number of ether oxygens (including phenoxy) is 1. The molecule has 1 heterocycles. The largest absolute Gasteiger partial charge is 0.384 e. The fraction of sp³-hybridized carbons (Fsp3) is 0.545. The first-order valence-electron chi connectivity index (χ1n) is 5.23. The first-order chi connectivity index (χ1) is 7.27. The summed E-state index contributed by atoms with van der Waals surface area (Å²) in [7, 11) is 1.71. The molecule has 0 aliphatic carbocycles. The molecule has 0 spiro atoms.